The summed E-state index contributed by atoms with van der Waals surface area (Å²) in [5, 5.41) is 8.69. The fraction of sp³-hybridized carbons (Fsp3) is 0.273. The molecule has 3 N–H and O–H groups in total. The van der Waals surface area contributed by atoms with Crippen LogP contribution in [0, 0.1) is 0 Å². The maximum absolute atomic E-state index is 12.5. The highest BCUT2D eigenvalue weighted by atomic mass is 79.9. The molecule has 0 saturated heterocycles. The topological polar surface area (TPSA) is 83.6 Å². The number of nitrogens with zero attached hydrogens (tertiary/aromatic N) is 1. The minimum absolute atomic E-state index is 0.180. The molecule has 0 spiro atoms. The van der Waals surface area contributed by atoms with Gasteiger partial charge in [0.2, 0.25) is 0 Å². The van der Waals surface area contributed by atoms with Crippen LogP contribution >= 0.6 is 15.9 Å². The minimum Gasteiger partial charge on any atom is -0.480 e. The second-order valence-corrected chi connectivity index (χ2v) is 4.81. The number of halogens is 4. The van der Waals surface area contributed by atoms with E-state index in [2.05, 4.69) is 15.9 Å². The van der Waals surface area contributed by atoms with Crippen LogP contribution in [0.15, 0.2) is 22.7 Å². The molecule has 5 nitrogen and oxygen atoms in total. The first kappa shape index (κ1) is 16.3. The molecule has 0 unspecified atom stereocenters. The van der Waals surface area contributed by atoms with Crippen LogP contribution in [0.1, 0.15) is 10.4 Å². The number of amides is 1. The molecule has 1 aromatic rings. The summed E-state index contributed by atoms with van der Waals surface area (Å²) in [5.41, 5.74) is 4.73. The molecule has 1 amide bonds. The van der Waals surface area contributed by atoms with Gasteiger partial charge in [-0.25, -0.2) is 0 Å². The lowest BCUT2D eigenvalue weighted by Gasteiger charge is -2.25. The second-order valence-electron chi connectivity index (χ2n) is 3.89. The number of rotatable bonds is 5. The lowest BCUT2D eigenvalue weighted by molar-refractivity contribution is -0.136. The zero-order chi connectivity index (χ0) is 15.5. The van der Waals surface area contributed by atoms with Gasteiger partial charge in [-0.1, -0.05) is 15.9 Å². The van der Waals surface area contributed by atoms with E-state index in [4.69, 9.17) is 10.8 Å². The summed E-state index contributed by atoms with van der Waals surface area (Å²) in [6, 6.07) is 3.84. The van der Waals surface area contributed by atoms with Gasteiger partial charge in [0.15, 0.2) is 0 Å². The quantitative estimate of drug-likeness (QED) is 0.846. The van der Waals surface area contributed by atoms with Crippen molar-refractivity contribution in [2.24, 2.45) is 5.73 Å². The van der Waals surface area contributed by atoms with Crippen LogP contribution in [0.5, 0.6) is 0 Å². The van der Waals surface area contributed by atoms with E-state index in [1.54, 1.807) is 0 Å². The highest BCUT2D eigenvalue weighted by molar-refractivity contribution is 9.10. The van der Waals surface area contributed by atoms with E-state index in [1.807, 2.05) is 0 Å². The van der Waals surface area contributed by atoms with Crippen molar-refractivity contribution in [2.45, 2.75) is 6.18 Å². The van der Waals surface area contributed by atoms with Crippen LogP contribution < -0.4 is 10.6 Å². The van der Waals surface area contributed by atoms with Crippen molar-refractivity contribution in [2.75, 3.05) is 18.0 Å². The van der Waals surface area contributed by atoms with Gasteiger partial charge in [0, 0.05) is 4.47 Å². The summed E-state index contributed by atoms with van der Waals surface area (Å²) in [5.74, 6) is -2.40. The van der Waals surface area contributed by atoms with Gasteiger partial charge in [0.05, 0.1) is 11.3 Å². The SMILES string of the molecule is NC(=O)c1cc(Br)ccc1N(CC(=O)O)CC(F)(F)F. The lowest BCUT2D eigenvalue weighted by atomic mass is 10.1. The van der Waals surface area contributed by atoms with Gasteiger partial charge < -0.3 is 15.7 Å². The molecule has 20 heavy (non-hydrogen) atoms. The Hall–Kier alpha value is -1.77. The van der Waals surface area contributed by atoms with Crippen LogP contribution in [0.25, 0.3) is 0 Å². The molecule has 0 aliphatic heterocycles. The molecule has 0 fully saturated rings. The van der Waals surface area contributed by atoms with Crippen molar-refractivity contribution in [3.05, 3.63) is 28.2 Å². The zero-order valence-electron chi connectivity index (χ0n) is 9.95. The van der Waals surface area contributed by atoms with E-state index in [9.17, 15) is 22.8 Å². The molecule has 0 radical (unpaired) electrons. The predicted molar refractivity (Wildman–Crippen MR) is 68.6 cm³/mol. The van der Waals surface area contributed by atoms with Gasteiger partial charge in [-0.3, -0.25) is 9.59 Å². The molecule has 0 aliphatic rings. The Kier molecular flexibility index (Phi) is 4.98. The molecule has 1 aromatic carbocycles. The average molecular weight is 355 g/mol. The highest BCUT2D eigenvalue weighted by Crippen LogP contribution is 2.27. The summed E-state index contributed by atoms with van der Waals surface area (Å²) in [6.45, 7) is -2.40. The van der Waals surface area contributed by atoms with Crippen molar-refractivity contribution < 1.29 is 27.9 Å². The highest BCUT2D eigenvalue weighted by Gasteiger charge is 2.33. The Balaban J connectivity index is 3.25. The predicted octanol–water partition coefficient (Wildman–Crippen LogP) is 2.00. The van der Waals surface area contributed by atoms with Crippen LogP contribution in [-0.4, -0.2) is 36.2 Å². The maximum atomic E-state index is 12.5. The Morgan fingerprint density at radius 1 is 1.35 bits per heavy atom. The van der Waals surface area contributed by atoms with Gasteiger partial charge in [-0.05, 0) is 18.2 Å². The third kappa shape index (κ3) is 4.72. The number of nitrogens with two attached hydrogens (primary N) is 1. The molecule has 0 saturated carbocycles. The number of hydrogen-bond donors (Lipinski definition) is 2. The first-order valence-corrected chi connectivity index (χ1v) is 6.02. The zero-order valence-corrected chi connectivity index (χ0v) is 11.5. The Morgan fingerprint density at radius 2 is 1.95 bits per heavy atom. The van der Waals surface area contributed by atoms with E-state index < -0.39 is 31.1 Å². The van der Waals surface area contributed by atoms with E-state index in [1.165, 1.54) is 18.2 Å². The first-order valence-electron chi connectivity index (χ1n) is 5.23. The van der Waals surface area contributed by atoms with Crippen molar-refractivity contribution in [1.82, 2.24) is 0 Å². The van der Waals surface area contributed by atoms with E-state index in [0.717, 1.165) is 0 Å². The lowest BCUT2D eigenvalue weighted by Crippen LogP contribution is -2.39. The number of primary amides is 1. The number of alkyl halides is 3. The smallest absolute Gasteiger partial charge is 0.405 e. The average Bonchev–Trinajstić information content (AvgIpc) is 2.25. The Labute approximate surface area is 120 Å². The van der Waals surface area contributed by atoms with Crippen molar-refractivity contribution >= 4 is 33.5 Å². The number of carboxylic acids is 1. The number of hydrogen-bond acceptors (Lipinski definition) is 3. The van der Waals surface area contributed by atoms with Crippen molar-refractivity contribution in [3.8, 4) is 0 Å². The van der Waals surface area contributed by atoms with Gasteiger partial charge in [-0.2, -0.15) is 13.2 Å². The standard InChI is InChI=1S/C11H10BrF3N2O3/c12-6-1-2-8(7(3-6)10(16)20)17(4-9(18)19)5-11(13,14)15/h1-3H,4-5H2,(H2,16,20)(H,18,19). The molecule has 0 bridgehead atoms. The van der Waals surface area contributed by atoms with Gasteiger partial charge in [-0.15, -0.1) is 0 Å². The number of benzene rings is 1. The third-order valence-corrected chi connectivity index (χ3v) is 2.75. The molecule has 110 valence electrons. The first-order chi connectivity index (χ1) is 9.10. The summed E-state index contributed by atoms with van der Waals surface area (Å²) >= 11 is 3.06. The fourth-order valence-electron chi connectivity index (χ4n) is 1.59. The molecule has 0 aromatic heterocycles. The molecular weight excluding hydrogens is 345 g/mol. The van der Waals surface area contributed by atoms with E-state index >= 15 is 0 Å². The van der Waals surface area contributed by atoms with E-state index in [-0.39, 0.29) is 11.3 Å². The molecule has 9 heteroatoms. The van der Waals surface area contributed by atoms with Crippen molar-refractivity contribution in [3.63, 3.8) is 0 Å². The molecule has 0 atom stereocenters. The third-order valence-electron chi connectivity index (χ3n) is 2.26. The van der Waals surface area contributed by atoms with Crippen molar-refractivity contribution in [1.29, 1.82) is 0 Å². The Bertz CT molecular complexity index is 534. The number of carboxylic acid groups (broad SMARTS) is 1. The minimum atomic E-state index is -4.61. The van der Waals surface area contributed by atoms with Crippen LogP contribution in [0.3, 0.4) is 0 Å². The fourth-order valence-corrected chi connectivity index (χ4v) is 1.95. The monoisotopic (exact) mass is 354 g/mol. The van der Waals surface area contributed by atoms with Crippen LogP contribution in [0.2, 0.25) is 0 Å². The number of anilines is 1. The van der Waals surface area contributed by atoms with Crippen LogP contribution in [0.4, 0.5) is 18.9 Å². The second kappa shape index (κ2) is 6.12. The molecule has 0 heterocycles. The van der Waals surface area contributed by atoms with Gasteiger partial charge >= 0.3 is 12.1 Å². The van der Waals surface area contributed by atoms with Gasteiger partial charge in [0.25, 0.3) is 5.91 Å². The summed E-state index contributed by atoms with van der Waals surface area (Å²) in [6.07, 6.45) is -4.61. The van der Waals surface area contributed by atoms with E-state index in [0.29, 0.717) is 9.37 Å². The summed E-state index contributed by atoms with van der Waals surface area (Å²) in [7, 11) is 0. The maximum Gasteiger partial charge on any atom is 0.405 e. The number of carbonyl (C=O) groups excluding carboxylic acids is 1. The largest absolute Gasteiger partial charge is 0.480 e. The summed E-state index contributed by atoms with van der Waals surface area (Å²) in [4.78, 5) is 22.5. The number of aliphatic carboxylic acids is 1. The Morgan fingerprint density at radius 3 is 2.40 bits per heavy atom. The normalized spacial score (nSPS) is 11.2. The molecular formula is C11H10BrF3N2O3. The van der Waals surface area contributed by atoms with Gasteiger partial charge in [0.1, 0.15) is 13.1 Å². The van der Waals surface area contributed by atoms with Crippen LogP contribution in [-0.2, 0) is 4.79 Å². The number of carbonyl (C=O) groups is 2. The summed E-state index contributed by atoms with van der Waals surface area (Å²) < 4.78 is 37.9. The molecule has 1 rings (SSSR count). The molecule has 0 aliphatic carbocycles.